The molecular formula is C34H44N4. The van der Waals surface area contributed by atoms with Gasteiger partial charge in [-0.2, -0.15) is 5.10 Å². The zero-order chi connectivity index (χ0) is 25.9. The molecule has 2 fully saturated rings. The summed E-state index contributed by atoms with van der Waals surface area (Å²) in [6.07, 6.45) is 19.1. The Kier molecular flexibility index (Phi) is 7.69. The lowest BCUT2D eigenvalue weighted by Gasteiger charge is -2.25. The van der Waals surface area contributed by atoms with Crippen molar-refractivity contribution in [1.82, 2.24) is 19.7 Å². The van der Waals surface area contributed by atoms with Crippen LogP contribution >= 0.6 is 0 Å². The smallest absolute Gasteiger partial charge is 0.0679 e. The van der Waals surface area contributed by atoms with Crippen LogP contribution in [0.2, 0.25) is 0 Å². The Morgan fingerprint density at radius 3 is 2.45 bits per heavy atom. The van der Waals surface area contributed by atoms with Gasteiger partial charge in [-0.3, -0.25) is 4.68 Å². The minimum atomic E-state index is 0.375. The predicted molar refractivity (Wildman–Crippen MR) is 159 cm³/mol. The largest absolute Gasteiger partial charge is 0.344 e. The van der Waals surface area contributed by atoms with Gasteiger partial charge in [0.25, 0.3) is 0 Å². The molecule has 2 saturated carbocycles. The molecule has 2 aromatic heterocycles. The second-order valence-electron chi connectivity index (χ2n) is 11.9. The van der Waals surface area contributed by atoms with E-state index >= 15 is 0 Å². The summed E-state index contributed by atoms with van der Waals surface area (Å²) < 4.78 is 4.64. The van der Waals surface area contributed by atoms with Crippen molar-refractivity contribution in [3.8, 4) is 11.3 Å². The molecule has 1 N–H and O–H groups in total. The van der Waals surface area contributed by atoms with Crippen molar-refractivity contribution in [2.24, 2.45) is 7.05 Å². The zero-order valence-electron chi connectivity index (χ0n) is 23.3. The normalized spacial score (nSPS) is 18.3. The number of hydrogen-bond acceptors (Lipinski definition) is 2. The first-order valence-corrected chi connectivity index (χ1v) is 15.1. The Bertz CT molecular complexity index is 1350. The van der Waals surface area contributed by atoms with E-state index in [1.165, 1.54) is 103 Å². The van der Waals surface area contributed by atoms with Gasteiger partial charge in [-0.05, 0) is 74.9 Å². The van der Waals surface area contributed by atoms with E-state index in [0.717, 1.165) is 13.0 Å². The maximum Gasteiger partial charge on any atom is 0.0679 e. The van der Waals surface area contributed by atoms with Gasteiger partial charge in [-0.15, -0.1) is 0 Å². The van der Waals surface area contributed by atoms with E-state index in [1.54, 1.807) is 0 Å². The Hall–Kier alpha value is -2.85. The van der Waals surface area contributed by atoms with Gasteiger partial charge in [0.05, 0.1) is 5.69 Å². The molecule has 38 heavy (non-hydrogen) atoms. The number of nitrogens with zero attached hydrogens (tertiary/aromatic N) is 3. The fraction of sp³-hybridized carbons (Fsp3) is 0.500. The van der Waals surface area contributed by atoms with Crippen LogP contribution in [0.4, 0.5) is 0 Å². The van der Waals surface area contributed by atoms with Crippen LogP contribution in [0.5, 0.6) is 0 Å². The molecule has 0 saturated heterocycles. The molecule has 1 unspecified atom stereocenters. The highest BCUT2D eigenvalue weighted by Crippen LogP contribution is 2.40. The number of aryl methyl sites for hydroxylation is 2. The molecule has 6 rings (SSSR count). The zero-order valence-corrected chi connectivity index (χ0v) is 23.3. The van der Waals surface area contributed by atoms with E-state index in [9.17, 15) is 0 Å². The fourth-order valence-corrected chi connectivity index (χ4v) is 7.16. The molecule has 200 valence electrons. The second kappa shape index (κ2) is 11.5. The lowest BCUT2D eigenvalue weighted by Crippen LogP contribution is -2.32. The summed E-state index contributed by atoms with van der Waals surface area (Å²) in [5.41, 5.74) is 8.11. The standard InChI is InChI=1S/C34H44N4/c1-25-10-9-11-26(22-25)30(18-20-35-28-12-5-3-6-13-28)32-24-38(29-14-7-4-8-15-29)34-17-16-27(23-31(32)34)33-19-21-36-37(33)2/h9-11,16-17,19,21-24,28-30,35H,3-8,12-15,18,20H2,1-2H3. The van der Waals surface area contributed by atoms with Gasteiger partial charge in [-0.25, -0.2) is 0 Å². The molecule has 0 radical (unpaired) electrons. The summed E-state index contributed by atoms with van der Waals surface area (Å²) in [6.45, 7) is 3.30. The third-order valence-electron chi connectivity index (χ3n) is 9.24. The molecule has 4 heteroatoms. The van der Waals surface area contributed by atoms with Gasteiger partial charge < -0.3 is 9.88 Å². The summed E-state index contributed by atoms with van der Waals surface area (Å²) in [7, 11) is 2.04. The summed E-state index contributed by atoms with van der Waals surface area (Å²) >= 11 is 0. The molecular weight excluding hydrogens is 464 g/mol. The minimum absolute atomic E-state index is 0.375. The first-order valence-electron chi connectivity index (χ1n) is 15.1. The van der Waals surface area contributed by atoms with E-state index in [1.807, 2.05) is 17.9 Å². The summed E-state index contributed by atoms with van der Waals surface area (Å²) in [5, 5.41) is 9.82. The van der Waals surface area contributed by atoms with Crippen LogP contribution in [0.15, 0.2) is 60.9 Å². The van der Waals surface area contributed by atoms with Crippen LogP contribution in [0.25, 0.3) is 22.2 Å². The first kappa shape index (κ1) is 25.4. The highest BCUT2D eigenvalue weighted by atomic mass is 15.3. The van der Waals surface area contributed by atoms with Crippen molar-refractivity contribution in [3.05, 3.63) is 77.6 Å². The predicted octanol–water partition coefficient (Wildman–Crippen LogP) is 8.30. The van der Waals surface area contributed by atoms with Crippen LogP contribution in [-0.4, -0.2) is 26.9 Å². The summed E-state index contributed by atoms with van der Waals surface area (Å²) in [5.74, 6) is 0.375. The van der Waals surface area contributed by atoms with Gasteiger partial charge >= 0.3 is 0 Å². The monoisotopic (exact) mass is 508 g/mol. The van der Waals surface area contributed by atoms with Crippen molar-refractivity contribution in [1.29, 1.82) is 0 Å². The van der Waals surface area contributed by atoms with Crippen LogP contribution in [-0.2, 0) is 7.05 Å². The molecule has 0 bridgehead atoms. The molecule has 2 heterocycles. The second-order valence-corrected chi connectivity index (χ2v) is 11.9. The molecule has 2 aliphatic carbocycles. The summed E-state index contributed by atoms with van der Waals surface area (Å²) in [6, 6.07) is 19.8. The lowest BCUT2D eigenvalue weighted by molar-refractivity contribution is 0.360. The van der Waals surface area contributed by atoms with Crippen molar-refractivity contribution in [2.45, 2.75) is 95.6 Å². The minimum Gasteiger partial charge on any atom is -0.344 e. The molecule has 4 aromatic rings. The maximum absolute atomic E-state index is 4.45. The Morgan fingerprint density at radius 2 is 1.71 bits per heavy atom. The van der Waals surface area contributed by atoms with E-state index in [-0.39, 0.29) is 0 Å². The Morgan fingerprint density at radius 1 is 0.921 bits per heavy atom. The fourth-order valence-electron chi connectivity index (χ4n) is 7.16. The van der Waals surface area contributed by atoms with Crippen LogP contribution in [0, 0.1) is 6.92 Å². The highest BCUT2D eigenvalue weighted by molar-refractivity contribution is 5.89. The van der Waals surface area contributed by atoms with Crippen LogP contribution in [0.3, 0.4) is 0 Å². The molecule has 0 amide bonds. The lowest BCUT2D eigenvalue weighted by atomic mass is 9.87. The number of benzene rings is 2. The molecule has 2 aliphatic rings. The summed E-state index contributed by atoms with van der Waals surface area (Å²) in [4.78, 5) is 0. The number of aromatic nitrogens is 3. The van der Waals surface area contributed by atoms with Gasteiger partial charge in [0, 0.05) is 53.9 Å². The third-order valence-corrected chi connectivity index (χ3v) is 9.24. The average Bonchev–Trinajstić information content (AvgIpc) is 3.55. The van der Waals surface area contributed by atoms with Crippen molar-refractivity contribution < 1.29 is 0 Å². The topological polar surface area (TPSA) is 34.8 Å². The van der Waals surface area contributed by atoms with Crippen molar-refractivity contribution in [3.63, 3.8) is 0 Å². The SMILES string of the molecule is Cc1cccc(C(CCNC2CCCCC2)c2cn(C3CCCCC3)c3ccc(-c4ccnn4C)cc23)c1. The van der Waals surface area contributed by atoms with Gasteiger partial charge in [0.2, 0.25) is 0 Å². The molecule has 0 spiro atoms. The number of hydrogen-bond donors (Lipinski definition) is 1. The molecule has 4 nitrogen and oxygen atoms in total. The van der Waals surface area contributed by atoms with Gasteiger partial charge in [-0.1, -0.05) is 74.4 Å². The quantitative estimate of drug-likeness (QED) is 0.260. The number of fused-ring (bicyclic) bond motifs is 1. The van der Waals surface area contributed by atoms with Gasteiger partial charge in [0.15, 0.2) is 0 Å². The Labute approximate surface area is 228 Å². The molecule has 1 atom stereocenters. The van der Waals surface area contributed by atoms with Crippen molar-refractivity contribution >= 4 is 10.9 Å². The highest BCUT2D eigenvalue weighted by Gasteiger charge is 2.25. The van der Waals surface area contributed by atoms with E-state index in [2.05, 4.69) is 76.6 Å². The van der Waals surface area contributed by atoms with E-state index in [0.29, 0.717) is 18.0 Å². The number of nitrogens with one attached hydrogen (secondary N) is 1. The van der Waals surface area contributed by atoms with E-state index < -0.39 is 0 Å². The van der Waals surface area contributed by atoms with Crippen molar-refractivity contribution in [2.75, 3.05) is 6.54 Å². The third kappa shape index (κ3) is 5.33. The van der Waals surface area contributed by atoms with Crippen LogP contribution < -0.4 is 5.32 Å². The Balaban J connectivity index is 1.42. The van der Waals surface area contributed by atoms with E-state index in [4.69, 9.17) is 0 Å². The van der Waals surface area contributed by atoms with Crippen LogP contribution in [0.1, 0.15) is 99.3 Å². The molecule has 2 aromatic carbocycles. The van der Waals surface area contributed by atoms with Gasteiger partial charge in [0.1, 0.15) is 0 Å². The average molecular weight is 509 g/mol. The first-order chi connectivity index (χ1) is 18.7. The molecule has 0 aliphatic heterocycles. The maximum atomic E-state index is 4.45. The number of rotatable bonds is 8.